The minimum absolute atomic E-state index is 0.541. The summed E-state index contributed by atoms with van der Waals surface area (Å²) in [5, 5.41) is 8.81. The number of hydrogen-bond acceptors (Lipinski definition) is 5. The largest absolute Gasteiger partial charge is 0.347 e. The third-order valence-corrected chi connectivity index (χ3v) is 3.32. The van der Waals surface area contributed by atoms with E-state index >= 15 is 0 Å². The maximum absolute atomic E-state index is 8.81. The molecule has 5 nitrogen and oxygen atoms in total. The fourth-order valence-electron chi connectivity index (χ4n) is 2.26. The van der Waals surface area contributed by atoms with Gasteiger partial charge in [-0.15, -0.1) is 0 Å². The summed E-state index contributed by atoms with van der Waals surface area (Å²) in [4.78, 5) is 15.0. The van der Waals surface area contributed by atoms with Gasteiger partial charge in [0.1, 0.15) is 0 Å². The molecule has 16 heavy (non-hydrogen) atoms. The molecule has 5 heteroatoms. The van der Waals surface area contributed by atoms with Crippen molar-refractivity contribution in [3.05, 3.63) is 0 Å². The van der Waals surface area contributed by atoms with Crippen molar-refractivity contribution in [1.82, 2.24) is 0 Å². The van der Waals surface area contributed by atoms with E-state index in [-0.39, 0.29) is 0 Å². The minimum Gasteiger partial charge on any atom is -0.347 e. The molecule has 1 saturated heterocycles. The summed E-state index contributed by atoms with van der Waals surface area (Å²) < 4.78 is 5.76. The van der Waals surface area contributed by atoms with Gasteiger partial charge < -0.3 is 4.74 Å². The maximum atomic E-state index is 8.81. The van der Waals surface area contributed by atoms with Gasteiger partial charge in [0.2, 0.25) is 11.6 Å². The van der Waals surface area contributed by atoms with Crippen molar-refractivity contribution in [3.63, 3.8) is 0 Å². The van der Waals surface area contributed by atoms with E-state index in [0.717, 1.165) is 32.1 Å². The van der Waals surface area contributed by atoms with Crippen LogP contribution < -0.4 is 0 Å². The first-order chi connectivity index (χ1) is 7.68. The van der Waals surface area contributed by atoms with Crippen molar-refractivity contribution in [3.8, 4) is 0 Å². The highest BCUT2D eigenvalue weighted by Gasteiger charge is 2.41. The van der Waals surface area contributed by atoms with Crippen molar-refractivity contribution in [2.24, 2.45) is 0 Å². The van der Waals surface area contributed by atoms with Gasteiger partial charge in [-0.1, -0.05) is 6.42 Å². The number of rotatable bonds is 1. The molecular formula is C11H20O5. The first kappa shape index (κ1) is 12.3. The lowest BCUT2D eigenvalue weighted by atomic mass is 9.94. The lowest BCUT2D eigenvalue weighted by Crippen LogP contribution is -2.45. The second-order valence-corrected chi connectivity index (χ2v) is 4.82. The summed E-state index contributed by atoms with van der Waals surface area (Å²) in [5.74, 6) is -1.70. The van der Waals surface area contributed by atoms with Gasteiger partial charge in [0.15, 0.2) is 0 Å². The van der Waals surface area contributed by atoms with Gasteiger partial charge >= 0.3 is 0 Å². The number of ether oxygens (including phenoxy) is 1. The zero-order valence-electron chi connectivity index (χ0n) is 9.74. The summed E-state index contributed by atoms with van der Waals surface area (Å²) in [6, 6.07) is 0. The Morgan fingerprint density at radius 1 is 1.00 bits per heavy atom. The molecule has 0 bridgehead atoms. The van der Waals surface area contributed by atoms with E-state index in [9.17, 15) is 0 Å². The Bertz CT molecular complexity index is 226. The fourth-order valence-corrected chi connectivity index (χ4v) is 2.26. The van der Waals surface area contributed by atoms with Crippen LogP contribution in [-0.4, -0.2) is 23.4 Å². The van der Waals surface area contributed by atoms with E-state index in [4.69, 9.17) is 19.8 Å². The van der Waals surface area contributed by atoms with Crippen LogP contribution in [0.2, 0.25) is 0 Å². The van der Waals surface area contributed by atoms with Crippen LogP contribution in [0.25, 0.3) is 0 Å². The molecule has 1 unspecified atom stereocenters. The van der Waals surface area contributed by atoms with Crippen molar-refractivity contribution in [2.45, 2.75) is 63.4 Å². The van der Waals surface area contributed by atoms with Crippen LogP contribution in [0.3, 0.4) is 0 Å². The summed E-state index contributed by atoms with van der Waals surface area (Å²) in [6.07, 6.45) is 6.38. The van der Waals surface area contributed by atoms with Crippen LogP contribution in [0.15, 0.2) is 0 Å². The van der Waals surface area contributed by atoms with Gasteiger partial charge in [-0.25, -0.2) is 10.1 Å². The molecule has 2 fully saturated rings. The summed E-state index contributed by atoms with van der Waals surface area (Å²) in [5.41, 5.74) is 0. The SMILES string of the molecule is CC1(OO)CCCOC2(CCCCC2)OO1. The van der Waals surface area contributed by atoms with Crippen molar-refractivity contribution < 1.29 is 24.7 Å². The minimum atomic E-state index is -1.08. The zero-order valence-corrected chi connectivity index (χ0v) is 9.74. The Kier molecular flexibility index (Phi) is 3.81. The molecule has 94 valence electrons. The van der Waals surface area contributed by atoms with E-state index < -0.39 is 11.6 Å². The van der Waals surface area contributed by atoms with E-state index in [1.54, 1.807) is 6.92 Å². The van der Waals surface area contributed by atoms with Gasteiger partial charge in [0.05, 0.1) is 6.61 Å². The fraction of sp³-hybridized carbons (Fsp3) is 1.00. The first-order valence-electron chi connectivity index (χ1n) is 6.02. The molecule has 1 aliphatic carbocycles. The smallest absolute Gasteiger partial charge is 0.231 e. The highest BCUT2D eigenvalue weighted by molar-refractivity contribution is 4.75. The molecule has 1 aliphatic heterocycles. The predicted molar refractivity (Wildman–Crippen MR) is 55.3 cm³/mol. The van der Waals surface area contributed by atoms with E-state index in [0.29, 0.717) is 13.0 Å². The molecule has 1 saturated carbocycles. The lowest BCUT2D eigenvalue weighted by molar-refractivity contribution is -0.550. The van der Waals surface area contributed by atoms with Gasteiger partial charge in [-0.2, -0.15) is 9.78 Å². The van der Waals surface area contributed by atoms with Crippen LogP contribution in [-0.2, 0) is 19.4 Å². The highest BCUT2D eigenvalue weighted by Crippen LogP contribution is 2.36. The molecule has 1 spiro atoms. The third kappa shape index (κ3) is 2.73. The maximum Gasteiger partial charge on any atom is 0.231 e. The van der Waals surface area contributed by atoms with Crippen molar-refractivity contribution in [1.29, 1.82) is 0 Å². The van der Waals surface area contributed by atoms with Gasteiger partial charge in [-0.3, -0.25) is 0 Å². The molecule has 0 aromatic rings. The lowest BCUT2D eigenvalue weighted by Gasteiger charge is -2.39. The van der Waals surface area contributed by atoms with Gasteiger partial charge in [-0.05, 0) is 26.2 Å². The average Bonchev–Trinajstić information content (AvgIpc) is 2.32. The molecule has 2 aliphatic rings. The molecule has 0 aromatic heterocycles. The van der Waals surface area contributed by atoms with Crippen molar-refractivity contribution in [2.75, 3.05) is 6.61 Å². The summed E-state index contributed by atoms with van der Waals surface area (Å²) >= 11 is 0. The second kappa shape index (κ2) is 4.98. The molecule has 2 rings (SSSR count). The Morgan fingerprint density at radius 2 is 1.75 bits per heavy atom. The second-order valence-electron chi connectivity index (χ2n) is 4.82. The monoisotopic (exact) mass is 232 g/mol. The van der Waals surface area contributed by atoms with Gasteiger partial charge in [0, 0.05) is 19.3 Å². The molecule has 1 N–H and O–H groups in total. The molecule has 0 aromatic carbocycles. The van der Waals surface area contributed by atoms with Crippen LogP contribution in [0.4, 0.5) is 0 Å². The van der Waals surface area contributed by atoms with Gasteiger partial charge in [0.25, 0.3) is 0 Å². The Morgan fingerprint density at radius 3 is 2.44 bits per heavy atom. The van der Waals surface area contributed by atoms with Crippen LogP contribution in [0.1, 0.15) is 51.9 Å². The molecule has 1 heterocycles. The van der Waals surface area contributed by atoms with Crippen LogP contribution >= 0.6 is 0 Å². The van der Waals surface area contributed by atoms with E-state index in [1.807, 2.05) is 0 Å². The standard InChI is InChI=1S/C11H20O5/c1-10(14-12)6-5-9-13-11(16-15-10)7-3-2-4-8-11/h12H,2-9H2,1H3. The highest BCUT2D eigenvalue weighted by atomic mass is 17.3. The topological polar surface area (TPSA) is 57.2 Å². The Labute approximate surface area is 95.5 Å². The Balaban J connectivity index is 1.99. The number of hydrogen-bond donors (Lipinski definition) is 1. The third-order valence-electron chi connectivity index (χ3n) is 3.32. The quantitative estimate of drug-likeness (QED) is 0.556. The molecule has 0 radical (unpaired) electrons. The van der Waals surface area contributed by atoms with Crippen molar-refractivity contribution >= 4 is 0 Å². The molecule has 1 atom stereocenters. The zero-order chi connectivity index (χ0) is 11.5. The van der Waals surface area contributed by atoms with Crippen LogP contribution in [0.5, 0.6) is 0 Å². The summed E-state index contributed by atoms with van der Waals surface area (Å²) in [7, 11) is 0. The summed E-state index contributed by atoms with van der Waals surface area (Å²) in [6.45, 7) is 2.27. The normalized spacial score (nSPS) is 35.6. The van der Waals surface area contributed by atoms with Crippen LogP contribution in [0, 0.1) is 0 Å². The average molecular weight is 232 g/mol. The first-order valence-corrected chi connectivity index (χ1v) is 6.02. The Hall–Kier alpha value is -0.200. The van der Waals surface area contributed by atoms with E-state index in [1.165, 1.54) is 6.42 Å². The molecular weight excluding hydrogens is 212 g/mol. The molecule has 0 amide bonds. The van der Waals surface area contributed by atoms with E-state index in [2.05, 4.69) is 4.89 Å². The predicted octanol–water partition coefficient (Wildman–Crippen LogP) is 2.61.